The zero-order valence-corrected chi connectivity index (χ0v) is 29.9. The molecule has 1 aliphatic heterocycles. The average Bonchev–Trinajstić information content (AvgIpc) is 3.42. The van der Waals surface area contributed by atoms with E-state index in [1.807, 2.05) is 77.2 Å². The third-order valence-electron chi connectivity index (χ3n) is 11.3. The fourth-order valence-corrected chi connectivity index (χ4v) is 9.77. The van der Waals surface area contributed by atoms with Gasteiger partial charge < -0.3 is 9.84 Å². The summed E-state index contributed by atoms with van der Waals surface area (Å²) in [6.07, 6.45) is 3.77. The first kappa shape index (κ1) is 33.7. The number of imide groups is 1. The van der Waals surface area contributed by atoms with Crippen LogP contribution in [0.3, 0.4) is 0 Å². The van der Waals surface area contributed by atoms with Crippen LogP contribution < -0.4 is 9.64 Å². The van der Waals surface area contributed by atoms with Crippen molar-refractivity contribution in [2.24, 2.45) is 23.7 Å². The van der Waals surface area contributed by atoms with E-state index >= 15 is 9.59 Å². The minimum absolute atomic E-state index is 0.0603. The van der Waals surface area contributed by atoms with E-state index in [0.717, 1.165) is 10.5 Å². The van der Waals surface area contributed by atoms with Crippen molar-refractivity contribution in [3.05, 3.63) is 145 Å². The Morgan fingerprint density at radius 1 is 0.904 bits per heavy atom. The number of nitrogens with zero attached hydrogens (tertiary/aromatic N) is 2. The molecule has 1 saturated carbocycles. The molecule has 260 valence electrons. The molecule has 4 aliphatic rings. The summed E-state index contributed by atoms with van der Waals surface area (Å²) in [6, 6.07) is 27.1. The number of methoxy groups -OCH3 is 1. The van der Waals surface area contributed by atoms with Gasteiger partial charge in [-0.25, -0.2) is 0 Å². The molecule has 3 aliphatic carbocycles. The molecule has 2 fully saturated rings. The lowest BCUT2D eigenvalue weighted by Crippen LogP contribution is -2.58. The van der Waals surface area contributed by atoms with Gasteiger partial charge >= 0.3 is 0 Å². The van der Waals surface area contributed by atoms with Gasteiger partial charge in [-0.15, -0.1) is 0 Å². The molecular formula is C41H31IN2O8. The van der Waals surface area contributed by atoms with E-state index in [-0.39, 0.29) is 47.3 Å². The number of carbonyl (C=O) groups excluding carboxylic acids is 4. The van der Waals surface area contributed by atoms with Gasteiger partial charge in [-0.3, -0.25) is 34.2 Å². The molecule has 1 heterocycles. The molecule has 1 N–H and O–H groups in total. The Balaban J connectivity index is 1.35. The van der Waals surface area contributed by atoms with Crippen LogP contribution >= 0.6 is 22.6 Å². The van der Waals surface area contributed by atoms with Gasteiger partial charge in [-0.1, -0.05) is 72.3 Å². The summed E-state index contributed by atoms with van der Waals surface area (Å²) in [5.74, 6) is -5.08. The van der Waals surface area contributed by atoms with Gasteiger partial charge in [0.1, 0.15) is 0 Å². The van der Waals surface area contributed by atoms with Crippen molar-refractivity contribution in [2.45, 2.75) is 24.2 Å². The van der Waals surface area contributed by atoms with Crippen LogP contribution in [0.4, 0.5) is 11.4 Å². The summed E-state index contributed by atoms with van der Waals surface area (Å²) in [5.41, 5.74) is 1.59. The van der Waals surface area contributed by atoms with Crippen molar-refractivity contribution in [2.75, 3.05) is 12.0 Å². The van der Waals surface area contributed by atoms with Crippen LogP contribution in [-0.4, -0.2) is 40.5 Å². The summed E-state index contributed by atoms with van der Waals surface area (Å²) in [7, 11) is 1.44. The number of rotatable bonds is 6. The van der Waals surface area contributed by atoms with E-state index < -0.39 is 51.7 Å². The first-order valence-electron chi connectivity index (χ1n) is 16.9. The number of phenols is 1. The second-order valence-corrected chi connectivity index (χ2v) is 14.8. The first-order chi connectivity index (χ1) is 25.1. The van der Waals surface area contributed by atoms with E-state index in [2.05, 4.69) is 0 Å². The number of ether oxygens (including phenoxy) is 1. The number of benzene rings is 4. The molecule has 8 rings (SSSR count). The number of nitro benzene ring substituents is 1. The Hall–Kier alpha value is -5.43. The maximum absolute atomic E-state index is 15.2. The number of nitro groups is 1. The number of ketones is 2. The lowest BCUT2D eigenvalue weighted by molar-refractivity contribution is -0.384. The molecule has 11 heteroatoms. The molecule has 1 saturated heterocycles. The number of carbonyl (C=O) groups is 4. The van der Waals surface area contributed by atoms with Crippen LogP contribution in [0.25, 0.3) is 5.57 Å². The van der Waals surface area contributed by atoms with Crippen molar-refractivity contribution < 1.29 is 33.9 Å². The van der Waals surface area contributed by atoms with Crippen molar-refractivity contribution >= 4 is 62.9 Å². The van der Waals surface area contributed by atoms with Crippen LogP contribution in [-0.2, 0) is 24.6 Å². The number of hydrogen-bond acceptors (Lipinski definition) is 8. The predicted molar refractivity (Wildman–Crippen MR) is 200 cm³/mol. The summed E-state index contributed by atoms with van der Waals surface area (Å²) in [5, 5.41) is 22.2. The third kappa shape index (κ3) is 4.89. The lowest BCUT2D eigenvalue weighted by atomic mass is 9.44. The largest absolute Gasteiger partial charge is 0.504 e. The Kier molecular flexibility index (Phi) is 8.20. The van der Waals surface area contributed by atoms with Crippen LogP contribution in [0.1, 0.15) is 35.4 Å². The van der Waals surface area contributed by atoms with Crippen molar-refractivity contribution in [3.63, 3.8) is 0 Å². The summed E-state index contributed by atoms with van der Waals surface area (Å²) >= 11 is 2.02. The Morgan fingerprint density at radius 3 is 2.23 bits per heavy atom. The quantitative estimate of drug-likeness (QED) is 0.0726. The lowest BCUT2D eigenvalue weighted by Gasteiger charge is -2.55. The monoisotopic (exact) mass is 806 g/mol. The van der Waals surface area contributed by atoms with Gasteiger partial charge in [-0.2, -0.15) is 0 Å². The molecular weight excluding hydrogens is 775 g/mol. The second-order valence-electron chi connectivity index (χ2n) is 13.6. The Labute approximate surface area is 312 Å². The molecule has 6 atom stereocenters. The number of halogens is 1. The molecule has 0 unspecified atom stereocenters. The van der Waals surface area contributed by atoms with Gasteiger partial charge in [0, 0.05) is 29.5 Å². The average molecular weight is 807 g/mol. The molecule has 0 aromatic heterocycles. The van der Waals surface area contributed by atoms with E-state index in [1.165, 1.54) is 37.5 Å². The Bertz CT molecular complexity index is 2250. The SMILES string of the molecule is COc1cc([C@H]2C3=CC[C@@H]4C(=O)N(c5ccc([N+](=O)[O-])cc5)C(=O)[C@@H]4[C@@H]3C[C@H]3C(=O)C(c4ccccc4)=CC(=O)[C@@]23c2ccccc2)cc(I)c1O. The van der Waals surface area contributed by atoms with Crippen LogP contribution in [0.5, 0.6) is 11.5 Å². The van der Waals surface area contributed by atoms with E-state index in [0.29, 0.717) is 25.8 Å². The van der Waals surface area contributed by atoms with Crippen LogP contribution in [0.15, 0.2) is 115 Å². The summed E-state index contributed by atoms with van der Waals surface area (Å²) in [6.45, 7) is 0. The van der Waals surface area contributed by atoms with Gasteiger partial charge in [0.2, 0.25) is 11.8 Å². The topological polar surface area (TPSA) is 144 Å². The zero-order chi connectivity index (χ0) is 36.5. The summed E-state index contributed by atoms with van der Waals surface area (Å²) < 4.78 is 6.07. The highest BCUT2D eigenvalue weighted by Gasteiger charge is 2.66. The zero-order valence-electron chi connectivity index (χ0n) is 27.8. The fraction of sp³-hybridized carbons (Fsp3) is 0.220. The smallest absolute Gasteiger partial charge is 0.269 e. The first-order valence-corrected chi connectivity index (χ1v) is 18.0. The van der Waals surface area contributed by atoms with Gasteiger partial charge in [0.05, 0.1) is 38.5 Å². The maximum Gasteiger partial charge on any atom is 0.269 e. The predicted octanol–water partition coefficient (Wildman–Crippen LogP) is 6.94. The highest BCUT2D eigenvalue weighted by molar-refractivity contribution is 14.1. The number of non-ortho nitro benzene ring substituents is 1. The molecule has 2 amide bonds. The maximum atomic E-state index is 15.2. The normalized spacial score (nSPS) is 26.6. The Morgan fingerprint density at radius 2 is 1.58 bits per heavy atom. The fourth-order valence-electron chi connectivity index (χ4n) is 9.14. The minimum Gasteiger partial charge on any atom is -0.504 e. The highest BCUT2D eigenvalue weighted by atomic mass is 127. The van der Waals surface area contributed by atoms with E-state index in [4.69, 9.17) is 4.74 Å². The number of amides is 2. The molecule has 4 aromatic carbocycles. The van der Waals surface area contributed by atoms with E-state index in [1.54, 1.807) is 24.3 Å². The number of aromatic hydroxyl groups is 1. The number of Topliss-reactive ketones (excluding diaryl/α,β-unsaturated/α-hetero) is 1. The number of anilines is 1. The second kappa shape index (κ2) is 12.7. The third-order valence-corrected chi connectivity index (χ3v) is 12.1. The molecule has 4 aromatic rings. The number of allylic oxidation sites excluding steroid dienone is 4. The minimum atomic E-state index is -1.43. The van der Waals surface area contributed by atoms with Gasteiger partial charge in [-0.05, 0) is 88.4 Å². The molecule has 52 heavy (non-hydrogen) atoms. The van der Waals surface area contributed by atoms with E-state index in [9.17, 15) is 24.8 Å². The highest BCUT2D eigenvalue weighted by Crippen LogP contribution is 2.64. The number of fused-ring (bicyclic) bond motifs is 4. The van der Waals surface area contributed by atoms with Crippen LogP contribution in [0.2, 0.25) is 0 Å². The van der Waals surface area contributed by atoms with Crippen molar-refractivity contribution in [3.8, 4) is 11.5 Å². The number of hydrogen-bond donors (Lipinski definition) is 1. The molecule has 0 spiro atoms. The molecule has 10 nitrogen and oxygen atoms in total. The summed E-state index contributed by atoms with van der Waals surface area (Å²) in [4.78, 5) is 70.7. The van der Waals surface area contributed by atoms with Gasteiger partial charge in [0.25, 0.3) is 5.69 Å². The van der Waals surface area contributed by atoms with Crippen molar-refractivity contribution in [1.29, 1.82) is 0 Å². The number of phenolic OH excluding ortho intramolecular Hbond substituents is 1. The van der Waals surface area contributed by atoms with Crippen LogP contribution in [0, 0.1) is 37.4 Å². The standard InChI is InChI=1S/C41H31IN2O8/c1-52-33-19-23(18-32(42)38(33)47)36-27-16-17-28-35(40(49)43(39(28)48)25-12-14-26(15-13-25)44(50)51)30(27)20-31-37(46)29(22-8-4-2-5-9-22)21-34(45)41(31,36)24-10-6-3-7-11-24/h2-16,18-19,21,28,30-31,35-36,47H,17,20H2,1H3/t28-,30+,31-,35-,36-,41-/m0/s1. The van der Waals surface area contributed by atoms with Crippen molar-refractivity contribution in [1.82, 2.24) is 0 Å². The molecule has 0 bridgehead atoms. The molecule has 0 radical (unpaired) electrons. The van der Waals surface area contributed by atoms with Gasteiger partial charge in [0.15, 0.2) is 23.1 Å².